The van der Waals surface area contributed by atoms with Gasteiger partial charge >= 0.3 is 12.1 Å². The van der Waals surface area contributed by atoms with Crippen LogP contribution in [0.4, 0.5) is 18.9 Å². The fourth-order valence-corrected chi connectivity index (χ4v) is 1.37. The molecule has 0 unspecified atom stereocenters. The molecule has 2 rings (SSSR count). The van der Waals surface area contributed by atoms with Gasteiger partial charge in [0.2, 0.25) is 0 Å². The highest BCUT2D eigenvalue weighted by Crippen LogP contribution is 2.30. The predicted octanol–water partition coefficient (Wildman–Crippen LogP) is 1.05. The van der Waals surface area contributed by atoms with Crippen LogP contribution in [0, 0.1) is 0 Å². The number of hydrogen-bond donors (Lipinski definition) is 1. The molecule has 0 aliphatic heterocycles. The molecule has 20 heavy (non-hydrogen) atoms. The van der Waals surface area contributed by atoms with E-state index in [9.17, 15) is 18.0 Å². The number of aromatic nitrogens is 4. The molecule has 0 aliphatic rings. The zero-order chi connectivity index (χ0) is 14.9. The molecular weight excluding hydrogens is 279 g/mol. The van der Waals surface area contributed by atoms with E-state index in [1.54, 1.807) is 0 Å². The summed E-state index contributed by atoms with van der Waals surface area (Å²) >= 11 is 0. The van der Waals surface area contributed by atoms with Gasteiger partial charge in [-0.15, -0.1) is 5.10 Å². The van der Waals surface area contributed by atoms with Gasteiger partial charge in [-0.3, -0.25) is 0 Å². The Morgan fingerprint density at radius 3 is 2.70 bits per heavy atom. The molecule has 0 radical (unpaired) electrons. The van der Waals surface area contributed by atoms with Gasteiger partial charge in [0.1, 0.15) is 12.0 Å². The largest absolute Gasteiger partial charge is 0.463 e. The van der Waals surface area contributed by atoms with Gasteiger partial charge in [0.25, 0.3) is 5.82 Å². The predicted molar refractivity (Wildman–Crippen MR) is 59.9 cm³/mol. The van der Waals surface area contributed by atoms with Crippen LogP contribution in [0.3, 0.4) is 0 Å². The molecule has 0 aromatic carbocycles. The standard InChI is InChI=1S/C10H8F3N5O2/c1-20-9(19)8-16-4-18(17-8)6-2-7(10(11,12)13)15-3-5(6)14/h2-4H,14H2,1H3. The number of nitrogens with two attached hydrogens (primary N) is 1. The van der Waals surface area contributed by atoms with Crippen LogP contribution in [0.1, 0.15) is 16.3 Å². The summed E-state index contributed by atoms with van der Waals surface area (Å²) in [5.74, 6) is -1.11. The van der Waals surface area contributed by atoms with Crippen molar-refractivity contribution in [3.63, 3.8) is 0 Å². The van der Waals surface area contributed by atoms with Crippen LogP contribution in [0.2, 0.25) is 0 Å². The molecule has 0 amide bonds. The molecule has 0 saturated carbocycles. The second-order valence-corrected chi connectivity index (χ2v) is 3.63. The van der Waals surface area contributed by atoms with Crippen molar-refractivity contribution < 1.29 is 22.7 Å². The summed E-state index contributed by atoms with van der Waals surface area (Å²) in [6, 6.07) is 0.713. The Kier molecular flexibility index (Phi) is 3.30. The van der Waals surface area contributed by atoms with Crippen LogP contribution in [-0.2, 0) is 10.9 Å². The molecule has 2 aromatic rings. The molecule has 0 atom stereocenters. The third-order valence-electron chi connectivity index (χ3n) is 2.31. The number of alkyl halides is 3. The number of anilines is 1. The van der Waals surface area contributed by atoms with Crippen LogP contribution in [-0.4, -0.2) is 32.8 Å². The second-order valence-electron chi connectivity index (χ2n) is 3.63. The van der Waals surface area contributed by atoms with Crippen LogP contribution in [0.5, 0.6) is 0 Å². The van der Waals surface area contributed by atoms with Gasteiger partial charge in [-0.1, -0.05) is 0 Å². The van der Waals surface area contributed by atoms with E-state index in [0.29, 0.717) is 6.07 Å². The van der Waals surface area contributed by atoms with Gasteiger partial charge in [-0.2, -0.15) is 13.2 Å². The number of carbonyl (C=O) groups is 1. The van der Waals surface area contributed by atoms with Gasteiger partial charge in [-0.25, -0.2) is 19.4 Å². The minimum absolute atomic E-state index is 0.0423. The molecule has 2 N–H and O–H groups in total. The Labute approximate surface area is 110 Å². The quantitative estimate of drug-likeness (QED) is 0.829. The molecule has 0 aliphatic carbocycles. The Morgan fingerprint density at radius 1 is 1.40 bits per heavy atom. The molecule has 0 saturated heterocycles. The second kappa shape index (κ2) is 4.79. The van der Waals surface area contributed by atoms with Gasteiger partial charge in [0.15, 0.2) is 0 Å². The fourth-order valence-electron chi connectivity index (χ4n) is 1.37. The van der Waals surface area contributed by atoms with E-state index < -0.39 is 17.8 Å². The van der Waals surface area contributed by atoms with Crippen molar-refractivity contribution in [3.05, 3.63) is 30.1 Å². The fraction of sp³-hybridized carbons (Fsp3) is 0.200. The number of rotatable bonds is 2. The third-order valence-corrected chi connectivity index (χ3v) is 2.31. The van der Waals surface area contributed by atoms with Crippen LogP contribution < -0.4 is 5.73 Å². The lowest BCUT2D eigenvalue weighted by atomic mass is 10.3. The van der Waals surface area contributed by atoms with Gasteiger partial charge in [0, 0.05) is 0 Å². The van der Waals surface area contributed by atoms with E-state index in [2.05, 4.69) is 19.8 Å². The Bertz CT molecular complexity index is 653. The zero-order valence-electron chi connectivity index (χ0n) is 10.0. The van der Waals surface area contributed by atoms with Crippen LogP contribution in [0.15, 0.2) is 18.6 Å². The number of hydrogen-bond acceptors (Lipinski definition) is 6. The number of nitrogen functional groups attached to an aromatic ring is 1. The van der Waals surface area contributed by atoms with E-state index in [1.165, 1.54) is 0 Å². The molecule has 2 heterocycles. The molecular formula is C10H8F3N5O2. The summed E-state index contributed by atoms with van der Waals surface area (Å²) in [5, 5.41) is 3.69. The molecule has 0 fully saturated rings. The molecule has 106 valence electrons. The average Bonchev–Trinajstić information content (AvgIpc) is 2.86. The normalized spacial score (nSPS) is 11.4. The molecule has 0 bridgehead atoms. The lowest BCUT2D eigenvalue weighted by Gasteiger charge is -2.09. The van der Waals surface area contributed by atoms with Gasteiger partial charge in [-0.05, 0) is 6.07 Å². The number of esters is 1. The number of methoxy groups -OCH3 is 1. The lowest BCUT2D eigenvalue weighted by molar-refractivity contribution is -0.141. The number of carbonyl (C=O) groups excluding carboxylic acids is 1. The Balaban J connectivity index is 2.47. The smallest absolute Gasteiger partial charge is 0.433 e. The van der Waals surface area contributed by atoms with Crippen LogP contribution in [0.25, 0.3) is 5.69 Å². The monoisotopic (exact) mass is 287 g/mol. The average molecular weight is 287 g/mol. The molecule has 10 heteroatoms. The maximum absolute atomic E-state index is 12.6. The van der Waals surface area contributed by atoms with Crippen molar-refractivity contribution in [1.82, 2.24) is 19.7 Å². The van der Waals surface area contributed by atoms with E-state index in [0.717, 1.165) is 24.3 Å². The first-order chi connectivity index (χ1) is 9.32. The first kappa shape index (κ1) is 13.8. The maximum atomic E-state index is 12.6. The number of nitrogens with zero attached hydrogens (tertiary/aromatic N) is 4. The van der Waals surface area contributed by atoms with Crippen molar-refractivity contribution in [1.29, 1.82) is 0 Å². The van der Waals surface area contributed by atoms with E-state index in [-0.39, 0.29) is 17.2 Å². The summed E-state index contributed by atoms with van der Waals surface area (Å²) in [6.45, 7) is 0. The summed E-state index contributed by atoms with van der Waals surface area (Å²) in [4.78, 5) is 18.0. The van der Waals surface area contributed by atoms with Gasteiger partial charge < -0.3 is 10.5 Å². The highest BCUT2D eigenvalue weighted by molar-refractivity contribution is 5.84. The highest BCUT2D eigenvalue weighted by atomic mass is 19.4. The van der Waals surface area contributed by atoms with Crippen molar-refractivity contribution in [2.75, 3.05) is 12.8 Å². The van der Waals surface area contributed by atoms with Crippen LogP contribution >= 0.6 is 0 Å². The Hall–Kier alpha value is -2.65. The third kappa shape index (κ3) is 2.53. The summed E-state index contributed by atoms with van der Waals surface area (Å²) in [5.41, 5.74) is 4.29. The molecule has 2 aromatic heterocycles. The van der Waals surface area contributed by atoms with Crippen molar-refractivity contribution in [2.24, 2.45) is 0 Å². The highest BCUT2D eigenvalue weighted by Gasteiger charge is 2.33. The molecule has 7 nitrogen and oxygen atoms in total. The van der Waals surface area contributed by atoms with Crippen molar-refractivity contribution in [3.8, 4) is 5.69 Å². The maximum Gasteiger partial charge on any atom is 0.433 e. The Morgan fingerprint density at radius 2 is 2.10 bits per heavy atom. The van der Waals surface area contributed by atoms with Gasteiger partial charge in [0.05, 0.1) is 24.7 Å². The number of ether oxygens (including phenoxy) is 1. The summed E-state index contributed by atoms with van der Waals surface area (Å²) < 4.78 is 43.1. The summed E-state index contributed by atoms with van der Waals surface area (Å²) in [7, 11) is 1.13. The van der Waals surface area contributed by atoms with E-state index in [1.807, 2.05) is 0 Å². The minimum atomic E-state index is -4.62. The van der Waals surface area contributed by atoms with Crippen molar-refractivity contribution in [2.45, 2.75) is 6.18 Å². The number of halogens is 3. The molecule has 0 spiro atoms. The first-order valence-corrected chi connectivity index (χ1v) is 5.16. The minimum Gasteiger partial charge on any atom is -0.463 e. The number of pyridine rings is 1. The topological polar surface area (TPSA) is 95.9 Å². The summed E-state index contributed by atoms with van der Waals surface area (Å²) in [6.07, 6.45) is -2.70. The zero-order valence-corrected chi connectivity index (χ0v) is 10.0. The van der Waals surface area contributed by atoms with E-state index >= 15 is 0 Å². The first-order valence-electron chi connectivity index (χ1n) is 5.16. The lowest BCUT2D eigenvalue weighted by Crippen LogP contribution is -2.11. The van der Waals surface area contributed by atoms with E-state index in [4.69, 9.17) is 5.73 Å². The SMILES string of the molecule is COC(=O)c1ncn(-c2cc(C(F)(F)F)ncc2N)n1. The van der Waals surface area contributed by atoms with Crippen molar-refractivity contribution >= 4 is 11.7 Å².